The Balaban J connectivity index is 2.03. The van der Waals surface area contributed by atoms with Crippen LogP contribution < -0.4 is 5.32 Å². The van der Waals surface area contributed by atoms with Gasteiger partial charge in [0.2, 0.25) is 0 Å². The average Bonchev–Trinajstić information content (AvgIpc) is 2.78. The van der Waals surface area contributed by atoms with E-state index in [9.17, 15) is 0 Å². The molecule has 1 fully saturated rings. The summed E-state index contributed by atoms with van der Waals surface area (Å²) in [6, 6.07) is 9.19. The zero-order valence-electron chi connectivity index (χ0n) is 13.7. The number of rotatable bonds is 7. The third-order valence-corrected chi connectivity index (χ3v) is 4.82. The fourth-order valence-corrected chi connectivity index (χ4v) is 3.52. The number of aryl methyl sites for hydroxylation is 1. The summed E-state index contributed by atoms with van der Waals surface area (Å²) in [5.41, 5.74) is 2.86. The van der Waals surface area contributed by atoms with Crippen LogP contribution in [0.4, 0.5) is 0 Å². The summed E-state index contributed by atoms with van der Waals surface area (Å²) in [4.78, 5) is 0. The number of hydrogen-bond donors (Lipinski definition) is 1. The van der Waals surface area contributed by atoms with Gasteiger partial charge in [-0.1, -0.05) is 55.5 Å². The van der Waals surface area contributed by atoms with Gasteiger partial charge in [0.25, 0.3) is 0 Å². The Morgan fingerprint density at radius 2 is 1.76 bits per heavy atom. The maximum Gasteiger partial charge on any atom is 0.0587 e. The first-order valence-electron chi connectivity index (χ1n) is 8.57. The van der Waals surface area contributed by atoms with E-state index in [1.807, 2.05) is 0 Å². The van der Waals surface area contributed by atoms with Crippen LogP contribution in [0.3, 0.4) is 0 Å². The minimum Gasteiger partial charge on any atom is -0.383 e. The molecular weight excluding hydrogens is 258 g/mol. The molecule has 118 valence electrons. The van der Waals surface area contributed by atoms with Crippen LogP contribution in [-0.2, 0) is 4.74 Å². The molecule has 1 atom stereocenters. The first kappa shape index (κ1) is 16.5. The third kappa shape index (κ3) is 5.44. The van der Waals surface area contributed by atoms with Crippen molar-refractivity contribution in [1.29, 1.82) is 0 Å². The molecule has 1 aromatic carbocycles. The lowest BCUT2D eigenvalue weighted by Crippen LogP contribution is -2.29. The molecule has 2 heteroatoms. The molecule has 1 saturated carbocycles. The lowest BCUT2D eigenvalue weighted by Gasteiger charge is -2.27. The molecule has 2 nitrogen and oxygen atoms in total. The Morgan fingerprint density at radius 3 is 2.38 bits per heavy atom. The summed E-state index contributed by atoms with van der Waals surface area (Å²) in [6.07, 6.45) is 8.45. The summed E-state index contributed by atoms with van der Waals surface area (Å²) < 4.78 is 5.15. The Kier molecular flexibility index (Phi) is 7.25. The van der Waals surface area contributed by atoms with Gasteiger partial charge in [-0.2, -0.15) is 0 Å². The van der Waals surface area contributed by atoms with Crippen molar-refractivity contribution in [3.8, 4) is 0 Å². The number of methoxy groups -OCH3 is 1. The van der Waals surface area contributed by atoms with E-state index < -0.39 is 0 Å². The second-order valence-electron chi connectivity index (χ2n) is 6.47. The second-order valence-corrected chi connectivity index (χ2v) is 6.47. The number of nitrogens with one attached hydrogen (secondary N) is 1. The van der Waals surface area contributed by atoms with Crippen LogP contribution in [0, 0.1) is 12.8 Å². The summed E-state index contributed by atoms with van der Waals surface area (Å²) in [7, 11) is 1.77. The maximum absolute atomic E-state index is 5.15. The monoisotopic (exact) mass is 289 g/mol. The molecule has 0 radical (unpaired) electrons. The van der Waals surface area contributed by atoms with Crippen molar-refractivity contribution in [3.63, 3.8) is 0 Å². The van der Waals surface area contributed by atoms with Crippen molar-refractivity contribution in [2.24, 2.45) is 5.92 Å². The van der Waals surface area contributed by atoms with Gasteiger partial charge in [-0.15, -0.1) is 0 Å². The van der Waals surface area contributed by atoms with Crippen LogP contribution in [0.1, 0.15) is 55.6 Å². The minimum absolute atomic E-state index is 0.653. The van der Waals surface area contributed by atoms with Gasteiger partial charge in [0.05, 0.1) is 6.61 Å². The van der Waals surface area contributed by atoms with Crippen molar-refractivity contribution in [3.05, 3.63) is 35.4 Å². The topological polar surface area (TPSA) is 21.3 Å². The van der Waals surface area contributed by atoms with Gasteiger partial charge in [-0.05, 0) is 37.2 Å². The Labute approximate surface area is 130 Å². The highest BCUT2D eigenvalue weighted by Gasteiger charge is 2.23. The maximum atomic E-state index is 5.15. The smallest absolute Gasteiger partial charge is 0.0587 e. The molecule has 1 unspecified atom stereocenters. The van der Waals surface area contributed by atoms with E-state index in [2.05, 4.69) is 36.5 Å². The molecule has 0 spiro atoms. The molecule has 1 aliphatic rings. The lowest BCUT2D eigenvalue weighted by molar-refractivity contribution is 0.197. The van der Waals surface area contributed by atoms with E-state index in [1.54, 1.807) is 7.11 Å². The minimum atomic E-state index is 0.653. The first-order chi connectivity index (χ1) is 10.3. The molecular formula is C19H31NO. The Hall–Kier alpha value is -0.860. The molecule has 1 N–H and O–H groups in total. The number of benzene rings is 1. The fraction of sp³-hybridized carbons (Fsp3) is 0.684. The van der Waals surface area contributed by atoms with Crippen molar-refractivity contribution in [2.75, 3.05) is 26.8 Å². The van der Waals surface area contributed by atoms with Crippen LogP contribution in [0.15, 0.2) is 24.3 Å². The fourth-order valence-electron chi connectivity index (χ4n) is 3.52. The van der Waals surface area contributed by atoms with Gasteiger partial charge in [0.1, 0.15) is 0 Å². The predicted molar refractivity (Wildman–Crippen MR) is 89.9 cm³/mol. The average molecular weight is 289 g/mol. The van der Waals surface area contributed by atoms with E-state index in [0.29, 0.717) is 5.92 Å². The lowest BCUT2D eigenvalue weighted by atomic mass is 9.81. The van der Waals surface area contributed by atoms with E-state index in [4.69, 9.17) is 4.74 Å². The van der Waals surface area contributed by atoms with Crippen LogP contribution in [0.5, 0.6) is 0 Å². The molecule has 0 saturated heterocycles. The molecule has 0 aliphatic heterocycles. The molecule has 2 rings (SSSR count). The van der Waals surface area contributed by atoms with Gasteiger partial charge in [0, 0.05) is 20.2 Å². The summed E-state index contributed by atoms with van der Waals surface area (Å²) in [5.74, 6) is 1.49. The zero-order valence-corrected chi connectivity index (χ0v) is 13.7. The standard InChI is InChI=1S/C19H31NO/c1-16-9-11-18(12-10-16)19(15-20-13-14-21-2)17-7-5-3-4-6-8-17/h9-12,17,19-20H,3-8,13-15H2,1-2H3. The highest BCUT2D eigenvalue weighted by molar-refractivity contribution is 5.25. The zero-order chi connectivity index (χ0) is 14.9. The highest BCUT2D eigenvalue weighted by Crippen LogP contribution is 2.35. The van der Waals surface area contributed by atoms with E-state index in [1.165, 1.54) is 49.7 Å². The molecule has 1 aromatic rings. The molecule has 21 heavy (non-hydrogen) atoms. The SMILES string of the molecule is COCCNCC(c1ccc(C)cc1)C1CCCCCC1. The van der Waals surface area contributed by atoms with Crippen molar-refractivity contribution in [1.82, 2.24) is 5.32 Å². The Bertz CT molecular complexity index is 379. The van der Waals surface area contributed by atoms with Gasteiger partial charge >= 0.3 is 0 Å². The van der Waals surface area contributed by atoms with Crippen molar-refractivity contribution >= 4 is 0 Å². The molecule has 0 bridgehead atoms. The van der Waals surface area contributed by atoms with E-state index >= 15 is 0 Å². The first-order valence-corrected chi connectivity index (χ1v) is 8.57. The van der Waals surface area contributed by atoms with Gasteiger partial charge in [-0.3, -0.25) is 0 Å². The molecule has 1 aliphatic carbocycles. The largest absolute Gasteiger partial charge is 0.383 e. The van der Waals surface area contributed by atoms with Gasteiger partial charge in [-0.25, -0.2) is 0 Å². The Morgan fingerprint density at radius 1 is 1.10 bits per heavy atom. The predicted octanol–water partition coefficient (Wildman–Crippen LogP) is 4.29. The highest BCUT2D eigenvalue weighted by atomic mass is 16.5. The molecule has 0 amide bonds. The summed E-state index contributed by atoms with van der Waals surface area (Å²) in [5, 5.41) is 3.59. The van der Waals surface area contributed by atoms with Crippen LogP contribution in [-0.4, -0.2) is 26.8 Å². The summed E-state index contributed by atoms with van der Waals surface area (Å²) >= 11 is 0. The normalized spacial score (nSPS) is 18.4. The van der Waals surface area contributed by atoms with Crippen LogP contribution in [0.2, 0.25) is 0 Å². The van der Waals surface area contributed by atoms with Crippen molar-refractivity contribution in [2.45, 2.75) is 51.4 Å². The second kappa shape index (κ2) is 9.22. The van der Waals surface area contributed by atoms with Gasteiger partial charge in [0.15, 0.2) is 0 Å². The van der Waals surface area contributed by atoms with E-state index in [0.717, 1.165) is 25.6 Å². The van der Waals surface area contributed by atoms with E-state index in [-0.39, 0.29) is 0 Å². The quantitative estimate of drug-likeness (QED) is 0.597. The summed E-state index contributed by atoms with van der Waals surface area (Å²) in [6.45, 7) is 5.00. The molecule has 0 aromatic heterocycles. The number of hydrogen-bond acceptors (Lipinski definition) is 2. The van der Waals surface area contributed by atoms with Crippen molar-refractivity contribution < 1.29 is 4.74 Å². The van der Waals surface area contributed by atoms with Crippen LogP contribution in [0.25, 0.3) is 0 Å². The van der Waals surface area contributed by atoms with Gasteiger partial charge < -0.3 is 10.1 Å². The van der Waals surface area contributed by atoms with Crippen LogP contribution >= 0.6 is 0 Å². The third-order valence-electron chi connectivity index (χ3n) is 4.82. The number of ether oxygens (including phenoxy) is 1. The molecule has 0 heterocycles.